The number of nitriles is 1. The van der Waals surface area contributed by atoms with Crippen LogP contribution >= 0.6 is 0 Å². The number of ether oxygens (including phenoxy) is 1. The second kappa shape index (κ2) is 7.23. The molecule has 0 bridgehead atoms. The Morgan fingerprint density at radius 2 is 1.96 bits per heavy atom. The monoisotopic (exact) mass is 383 g/mol. The Morgan fingerprint density at radius 1 is 1.21 bits per heavy atom. The highest BCUT2D eigenvalue weighted by molar-refractivity contribution is 5.79. The summed E-state index contributed by atoms with van der Waals surface area (Å²) < 4.78 is 32.7. The largest absolute Gasteiger partial charge is 0.485 e. The zero-order valence-electron chi connectivity index (χ0n) is 14.6. The summed E-state index contributed by atoms with van der Waals surface area (Å²) >= 11 is 0. The number of nitrogens with zero attached hydrogens (tertiary/aromatic N) is 5. The van der Waals surface area contributed by atoms with E-state index in [9.17, 15) is 13.6 Å². The number of halogens is 2. The Balaban J connectivity index is 1.37. The number of rotatable bonds is 3. The third-order valence-electron chi connectivity index (χ3n) is 4.57. The molecule has 0 radical (unpaired) electrons. The topological polar surface area (TPSA) is 81.8 Å². The maximum atomic E-state index is 13.5. The van der Waals surface area contributed by atoms with Gasteiger partial charge in [-0.25, -0.2) is 23.6 Å². The van der Waals surface area contributed by atoms with Gasteiger partial charge in [0, 0.05) is 18.7 Å². The number of aromatic nitrogens is 1. The molecule has 9 heteroatoms. The Morgan fingerprint density at radius 3 is 2.61 bits per heavy atom. The van der Waals surface area contributed by atoms with E-state index in [1.165, 1.54) is 23.3 Å². The Hall–Kier alpha value is -3.54. The van der Waals surface area contributed by atoms with Gasteiger partial charge in [0.25, 0.3) is 0 Å². The molecule has 7 nitrogen and oxygen atoms in total. The Kier molecular flexibility index (Phi) is 4.61. The van der Waals surface area contributed by atoms with Crippen molar-refractivity contribution in [3.8, 4) is 11.8 Å². The maximum Gasteiger partial charge on any atom is 0.341 e. The minimum atomic E-state index is -0.692. The SMILES string of the molecule is N#Cc1ccc(OC2CN(C(=O)N3N=CC[C@H]3c3cc(F)cc(F)c3)C2)cn1. The van der Waals surface area contributed by atoms with Crippen molar-refractivity contribution in [2.75, 3.05) is 13.1 Å². The molecule has 4 rings (SSSR count). The van der Waals surface area contributed by atoms with Crippen LogP contribution in [0.3, 0.4) is 0 Å². The fourth-order valence-electron chi connectivity index (χ4n) is 3.17. The van der Waals surface area contributed by atoms with Gasteiger partial charge in [-0.1, -0.05) is 0 Å². The predicted octanol–water partition coefficient (Wildman–Crippen LogP) is 2.85. The Bertz CT molecular complexity index is 947. The molecule has 2 aliphatic heterocycles. The molecule has 0 spiro atoms. The molecule has 0 saturated carbocycles. The van der Waals surface area contributed by atoms with E-state index in [0.717, 1.165) is 6.07 Å². The molecule has 2 amide bonds. The molecule has 1 aromatic carbocycles. The lowest BCUT2D eigenvalue weighted by Crippen LogP contribution is -2.58. The van der Waals surface area contributed by atoms with Gasteiger partial charge in [-0.2, -0.15) is 10.4 Å². The van der Waals surface area contributed by atoms with Crippen LogP contribution in [0.15, 0.2) is 41.6 Å². The van der Waals surface area contributed by atoms with Crippen molar-refractivity contribution in [3.63, 3.8) is 0 Å². The summed E-state index contributed by atoms with van der Waals surface area (Å²) in [6.07, 6.45) is 3.21. The van der Waals surface area contributed by atoms with E-state index >= 15 is 0 Å². The number of hydrazone groups is 1. The second-order valence-electron chi connectivity index (χ2n) is 6.52. The highest BCUT2D eigenvalue weighted by Crippen LogP contribution is 2.31. The highest BCUT2D eigenvalue weighted by Gasteiger charge is 2.39. The van der Waals surface area contributed by atoms with E-state index in [1.54, 1.807) is 23.2 Å². The molecule has 142 valence electrons. The van der Waals surface area contributed by atoms with Gasteiger partial charge in [-0.3, -0.25) is 0 Å². The van der Waals surface area contributed by atoms with Crippen molar-refractivity contribution in [1.29, 1.82) is 5.26 Å². The van der Waals surface area contributed by atoms with Crippen molar-refractivity contribution in [2.24, 2.45) is 5.10 Å². The van der Waals surface area contributed by atoms with Gasteiger partial charge in [0.15, 0.2) is 0 Å². The van der Waals surface area contributed by atoms with Crippen molar-refractivity contribution in [2.45, 2.75) is 18.6 Å². The van der Waals surface area contributed by atoms with E-state index in [0.29, 0.717) is 36.5 Å². The fourth-order valence-corrected chi connectivity index (χ4v) is 3.17. The van der Waals surface area contributed by atoms with Crippen LogP contribution in [0, 0.1) is 23.0 Å². The number of amides is 2. The molecule has 2 aromatic rings. The Labute approximate surface area is 159 Å². The van der Waals surface area contributed by atoms with E-state index in [-0.39, 0.29) is 12.1 Å². The molecule has 1 saturated heterocycles. The molecule has 1 aromatic heterocycles. The summed E-state index contributed by atoms with van der Waals surface area (Å²) in [4.78, 5) is 18.2. The van der Waals surface area contributed by atoms with Crippen LogP contribution in [0.2, 0.25) is 0 Å². The van der Waals surface area contributed by atoms with E-state index < -0.39 is 17.7 Å². The number of hydrogen-bond acceptors (Lipinski definition) is 5. The molecule has 0 unspecified atom stereocenters. The zero-order valence-corrected chi connectivity index (χ0v) is 14.6. The first kappa shape index (κ1) is 17.9. The van der Waals surface area contributed by atoms with Crippen molar-refractivity contribution in [1.82, 2.24) is 14.9 Å². The maximum absolute atomic E-state index is 13.5. The standard InChI is InChI=1S/C19H15F2N5O2/c20-13-5-12(6-14(21)7-13)18-3-4-24-26(18)19(27)25-10-17(11-25)28-16-2-1-15(8-22)23-9-16/h1-2,4-7,9,17-18H,3,10-11H2/t18-/m0/s1. The van der Waals surface area contributed by atoms with Gasteiger partial charge >= 0.3 is 6.03 Å². The first-order valence-electron chi connectivity index (χ1n) is 8.63. The van der Waals surface area contributed by atoms with E-state index in [4.69, 9.17) is 10.00 Å². The van der Waals surface area contributed by atoms with Crippen molar-refractivity contribution >= 4 is 12.2 Å². The zero-order chi connectivity index (χ0) is 19.7. The highest BCUT2D eigenvalue weighted by atomic mass is 19.1. The molecule has 2 aliphatic rings. The van der Waals surface area contributed by atoms with Gasteiger partial charge in [0.05, 0.1) is 25.3 Å². The lowest BCUT2D eigenvalue weighted by molar-refractivity contribution is 0.0275. The molecular weight excluding hydrogens is 368 g/mol. The molecule has 0 N–H and O–H groups in total. The third-order valence-corrected chi connectivity index (χ3v) is 4.57. The molecule has 28 heavy (non-hydrogen) atoms. The van der Waals surface area contributed by atoms with Crippen LogP contribution in [0.5, 0.6) is 5.75 Å². The number of carbonyl (C=O) groups excluding carboxylic acids is 1. The van der Waals surface area contributed by atoms with Crippen molar-refractivity contribution < 1.29 is 18.3 Å². The molecular formula is C19H15F2N5O2. The molecule has 1 fully saturated rings. The number of likely N-dealkylation sites (tertiary alicyclic amines) is 1. The number of hydrogen-bond donors (Lipinski definition) is 0. The lowest BCUT2D eigenvalue weighted by atomic mass is 10.0. The summed E-state index contributed by atoms with van der Waals surface area (Å²) in [6.45, 7) is 0.712. The molecule has 1 atom stereocenters. The van der Waals surface area contributed by atoms with Gasteiger partial charge in [0.2, 0.25) is 0 Å². The summed E-state index contributed by atoms with van der Waals surface area (Å²) in [5.74, 6) is -0.867. The summed E-state index contributed by atoms with van der Waals surface area (Å²) in [5, 5.41) is 14.1. The molecule has 3 heterocycles. The average molecular weight is 383 g/mol. The van der Waals surface area contributed by atoms with Crippen LogP contribution in [0.25, 0.3) is 0 Å². The minimum absolute atomic E-state index is 0.199. The molecule has 0 aliphatic carbocycles. The van der Waals surface area contributed by atoms with Gasteiger partial charge in [-0.15, -0.1) is 0 Å². The predicted molar refractivity (Wildman–Crippen MR) is 94.4 cm³/mol. The minimum Gasteiger partial charge on any atom is -0.485 e. The van der Waals surface area contributed by atoms with E-state index in [1.807, 2.05) is 6.07 Å². The smallest absolute Gasteiger partial charge is 0.341 e. The number of pyridine rings is 1. The second-order valence-corrected chi connectivity index (χ2v) is 6.52. The number of carbonyl (C=O) groups is 1. The quantitative estimate of drug-likeness (QED) is 0.816. The van der Waals surface area contributed by atoms with Crippen LogP contribution < -0.4 is 4.74 Å². The summed E-state index contributed by atoms with van der Waals surface area (Å²) in [6, 6.07) is 7.46. The normalized spacial score (nSPS) is 18.7. The van der Waals surface area contributed by atoms with Crippen LogP contribution in [-0.4, -0.2) is 46.3 Å². The van der Waals surface area contributed by atoms with Crippen molar-refractivity contribution in [3.05, 3.63) is 59.4 Å². The van der Waals surface area contributed by atoms with E-state index in [2.05, 4.69) is 10.1 Å². The van der Waals surface area contributed by atoms with Gasteiger partial charge < -0.3 is 9.64 Å². The summed E-state index contributed by atoms with van der Waals surface area (Å²) in [5.41, 5.74) is 0.657. The number of benzene rings is 1. The lowest BCUT2D eigenvalue weighted by Gasteiger charge is -2.40. The number of urea groups is 1. The first-order chi connectivity index (χ1) is 13.5. The summed E-state index contributed by atoms with van der Waals surface area (Å²) in [7, 11) is 0. The third kappa shape index (κ3) is 3.49. The van der Waals surface area contributed by atoms with Crippen LogP contribution in [0.1, 0.15) is 23.7 Å². The fraction of sp³-hybridized carbons (Fsp3) is 0.263. The average Bonchev–Trinajstić information content (AvgIpc) is 3.13. The van der Waals surface area contributed by atoms with Crippen LogP contribution in [-0.2, 0) is 0 Å². The van der Waals surface area contributed by atoms with Gasteiger partial charge in [0.1, 0.15) is 35.3 Å². The first-order valence-corrected chi connectivity index (χ1v) is 8.63. The van der Waals surface area contributed by atoms with Gasteiger partial charge in [-0.05, 0) is 29.8 Å². The van der Waals surface area contributed by atoms with Crippen LogP contribution in [0.4, 0.5) is 13.6 Å².